The zero-order chi connectivity index (χ0) is 19.3. The minimum atomic E-state index is -4.70. The molecule has 2 heterocycles. The molecular weight excluding hydrogens is 349 g/mol. The number of rotatable bonds is 6. The quantitative estimate of drug-likeness (QED) is 0.725. The van der Waals surface area contributed by atoms with Crippen LogP contribution in [0.5, 0.6) is 0 Å². The van der Waals surface area contributed by atoms with Crippen LogP contribution in [-0.4, -0.2) is 42.0 Å². The summed E-state index contributed by atoms with van der Waals surface area (Å²) in [6, 6.07) is -0.154. The van der Waals surface area contributed by atoms with Crippen LogP contribution in [-0.2, 0) is 14.3 Å². The Hall–Kier alpha value is -1.70. The fourth-order valence-corrected chi connectivity index (χ4v) is 3.39. The minimum Gasteiger partial charge on any atom is -0.375 e. The molecule has 1 N–H and O–H groups in total. The Bertz CT molecular complexity index is 573. The molecule has 0 aromatic heterocycles. The van der Waals surface area contributed by atoms with Gasteiger partial charge in [-0.05, 0) is 31.8 Å². The highest BCUT2D eigenvalue weighted by Gasteiger charge is 2.39. The third kappa shape index (κ3) is 5.40. The number of hydrogen-bond donors (Lipinski definition) is 1. The van der Waals surface area contributed by atoms with Gasteiger partial charge < -0.3 is 10.1 Å². The van der Waals surface area contributed by atoms with Crippen LogP contribution in [0.3, 0.4) is 0 Å². The van der Waals surface area contributed by atoms with Crippen LogP contribution >= 0.6 is 0 Å². The molecule has 8 heteroatoms. The molecule has 0 saturated carbocycles. The van der Waals surface area contributed by atoms with Crippen molar-refractivity contribution in [2.45, 2.75) is 76.8 Å². The van der Waals surface area contributed by atoms with E-state index in [2.05, 4.69) is 24.2 Å². The van der Waals surface area contributed by atoms with Crippen molar-refractivity contribution in [3.8, 4) is 0 Å². The van der Waals surface area contributed by atoms with Gasteiger partial charge in [0.2, 0.25) is 5.91 Å². The van der Waals surface area contributed by atoms with E-state index in [1.165, 1.54) is 0 Å². The second-order valence-corrected chi connectivity index (χ2v) is 6.80. The van der Waals surface area contributed by atoms with Crippen LogP contribution in [0.4, 0.5) is 13.2 Å². The van der Waals surface area contributed by atoms with Gasteiger partial charge in [0, 0.05) is 6.04 Å². The van der Waals surface area contributed by atoms with Gasteiger partial charge in [0.25, 0.3) is 5.91 Å². The van der Waals surface area contributed by atoms with E-state index in [4.69, 9.17) is 4.74 Å². The fraction of sp³-hybridized carbons (Fsp3) is 0.722. The molecule has 2 aliphatic heterocycles. The maximum Gasteiger partial charge on any atom is 0.433 e. The number of alkyl halides is 3. The molecular formula is C18H25F3N2O3. The molecule has 2 aliphatic rings. The van der Waals surface area contributed by atoms with Crippen molar-refractivity contribution in [2.75, 3.05) is 0 Å². The highest BCUT2D eigenvalue weighted by Crippen LogP contribution is 2.26. The van der Waals surface area contributed by atoms with E-state index >= 15 is 0 Å². The van der Waals surface area contributed by atoms with Crippen molar-refractivity contribution in [1.82, 2.24) is 5.32 Å². The van der Waals surface area contributed by atoms with E-state index < -0.39 is 29.6 Å². The number of allylic oxidation sites excluding steroid dienone is 1. The molecule has 0 radical (unpaired) electrons. The van der Waals surface area contributed by atoms with Crippen molar-refractivity contribution >= 4 is 17.5 Å². The van der Waals surface area contributed by atoms with Gasteiger partial charge in [-0.3, -0.25) is 9.59 Å². The Balaban J connectivity index is 1.99. The summed E-state index contributed by atoms with van der Waals surface area (Å²) < 4.78 is 43.8. The van der Waals surface area contributed by atoms with Gasteiger partial charge in [-0.25, -0.2) is 4.99 Å². The molecule has 4 atom stereocenters. The summed E-state index contributed by atoms with van der Waals surface area (Å²) >= 11 is 0. The number of aliphatic imine (C=N–C) groups is 1. The molecule has 0 spiro atoms. The van der Waals surface area contributed by atoms with Crippen LogP contribution in [0.1, 0.15) is 52.4 Å². The Kier molecular flexibility index (Phi) is 6.97. The molecule has 0 aliphatic carbocycles. The van der Waals surface area contributed by atoms with Crippen molar-refractivity contribution in [2.24, 2.45) is 10.9 Å². The molecule has 0 aromatic carbocycles. The average molecular weight is 374 g/mol. The summed E-state index contributed by atoms with van der Waals surface area (Å²) in [5, 5.41) is 2.81. The Morgan fingerprint density at radius 2 is 1.81 bits per heavy atom. The Morgan fingerprint density at radius 1 is 1.23 bits per heavy atom. The normalized spacial score (nSPS) is 29.4. The van der Waals surface area contributed by atoms with Gasteiger partial charge in [-0.15, -0.1) is 0 Å². The molecule has 2 amide bonds. The highest BCUT2D eigenvalue weighted by atomic mass is 19.4. The first-order valence-electron chi connectivity index (χ1n) is 9.08. The third-order valence-electron chi connectivity index (χ3n) is 4.56. The lowest BCUT2D eigenvalue weighted by molar-refractivity contribution is -0.133. The van der Waals surface area contributed by atoms with Crippen LogP contribution < -0.4 is 5.32 Å². The van der Waals surface area contributed by atoms with Gasteiger partial charge in [-0.2, -0.15) is 13.2 Å². The second-order valence-electron chi connectivity index (χ2n) is 6.80. The number of amides is 2. The number of nitrogens with zero attached hydrogens (tertiary/aromatic N) is 1. The Morgan fingerprint density at radius 3 is 2.27 bits per heavy atom. The topological polar surface area (TPSA) is 67.8 Å². The van der Waals surface area contributed by atoms with Crippen molar-refractivity contribution in [1.29, 1.82) is 0 Å². The number of nitrogens with one attached hydrogen (secondary N) is 1. The maximum atomic E-state index is 12.6. The number of halogens is 3. The summed E-state index contributed by atoms with van der Waals surface area (Å²) in [6.45, 7) is 4.12. The van der Waals surface area contributed by atoms with Crippen molar-refractivity contribution < 1.29 is 27.5 Å². The molecule has 0 aromatic rings. The first-order valence-corrected chi connectivity index (χ1v) is 9.08. The second kappa shape index (κ2) is 8.79. The monoisotopic (exact) mass is 374 g/mol. The zero-order valence-corrected chi connectivity index (χ0v) is 15.0. The molecule has 1 saturated heterocycles. The summed E-state index contributed by atoms with van der Waals surface area (Å²) in [5.74, 6) is -2.99. The van der Waals surface area contributed by atoms with Gasteiger partial charge in [0.05, 0.1) is 12.2 Å². The molecule has 1 fully saturated rings. The number of ether oxygens (including phenoxy) is 1. The molecule has 5 nitrogen and oxygen atoms in total. The van der Waals surface area contributed by atoms with Crippen LogP contribution in [0.15, 0.2) is 17.1 Å². The molecule has 2 rings (SSSR count). The lowest BCUT2D eigenvalue weighted by atomic mass is 9.93. The van der Waals surface area contributed by atoms with Gasteiger partial charge in [-0.1, -0.05) is 32.8 Å². The van der Waals surface area contributed by atoms with Gasteiger partial charge in [0.1, 0.15) is 11.6 Å². The number of hydrogen-bond acceptors (Lipinski definition) is 3. The SMILES string of the molecule is CCC[C@@H]1CC(NC(=O)C2C=CC(C(F)(F)F)=NC2=O)C[C@H](CCC)O1. The summed E-state index contributed by atoms with van der Waals surface area (Å²) in [6.07, 6.45) is 2.02. The molecule has 26 heavy (non-hydrogen) atoms. The molecule has 0 bridgehead atoms. The number of carbonyl (C=O) groups excluding carboxylic acids is 2. The maximum absolute atomic E-state index is 12.6. The lowest BCUT2D eigenvalue weighted by Gasteiger charge is -2.36. The summed E-state index contributed by atoms with van der Waals surface area (Å²) in [7, 11) is 0. The highest BCUT2D eigenvalue weighted by molar-refractivity contribution is 6.14. The molecule has 146 valence electrons. The zero-order valence-electron chi connectivity index (χ0n) is 15.0. The predicted octanol–water partition coefficient (Wildman–Crippen LogP) is 3.33. The first kappa shape index (κ1) is 20.6. The van der Waals surface area contributed by atoms with E-state index in [0.717, 1.165) is 31.8 Å². The fourth-order valence-electron chi connectivity index (χ4n) is 3.39. The number of dihydropyridines is 1. The smallest absolute Gasteiger partial charge is 0.375 e. The van der Waals surface area contributed by atoms with E-state index in [9.17, 15) is 22.8 Å². The Labute approximate surface area is 151 Å². The first-order chi connectivity index (χ1) is 12.2. The van der Waals surface area contributed by atoms with E-state index in [0.29, 0.717) is 18.9 Å². The lowest BCUT2D eigenvalue weighted by Crippen LogP contribution is -2.48. The standard InChI is InChI=1S/C18H25F3N2O3/c1-3-5-12-9-11(10-13(26-12)6-4-2)22-16(24)14-7-8-15(18(19,20)21)23-17(14)25/h7-8,11-14H,3-6,9-10H2,1-2H3,(H,22,24)/t11?,12-,13+,14?. The van der Waals surface area contributed by atoms with Crippen LogP contribution in [0.2, 0.25) is 0 Å². The van der Waals surface area contributed by atoms with Crippen LogP contribution in [0, 0.1) is 5.92 Å². The summed E-state index contributed by atoms with van der Waals surface area (Å²) in [4.78, 5) is 27.2. The van der Waals surface area contributed by atoms with E-state index in [-0.39, 0.29) is 18.2 Å². The van der Waals surface area contributed by atoms with Gasteiger partial charge in [0.15, 0.2) is 0 Å². The van der Waals surface area contributed by atoms with Crippen LogP contribution in [0.25, 0.3) is 0 Å². The largest absolute Gasteiger partial charge is 0.433 e. The average Bonchev–Trinajstić information content (AvgIpc) is 2.54. The van der Waals surface area contributed by atoms with Gasteiger partial charge >= 0.3 is 6.18 Å². The minimum absolute atomic E-state index is 0.0445. The third-order valence-corrected chi connectivity index (χ3v) is 4.56. The van der Waals surface area contributed by atoms with E-state index in [1.807, 2.05) is 0 Å². The van der Waals surface area contributed by atoms with Crippen molar-refractivity contribution in [3.63, 3.8) is 0 Å². The summed E-state index contributed by atoms with van der Waals surface area (Å²) in [5.41, 5.74) is -1.27. The van der Waals surface area contributed by atoms with Crippen molar-refractivity contribution in [3.05, 3.63) is 12.2 Å². The predicted molar refractivity (Wildman–Crippen MR) is 90.8 cm³/mol. The number of carbonyl (C=O) groups is 2. The molecule has 2 unspecified atom stereocenters. The van der Waals surface area contributed by atoms with E-state index in [1.54, 1.807) is 0 Å².